The maximum absolute atomic E-state index is 11.1. The van der Waals surface area contributed by atoms with Crippen LogP contribution in [0.2, 0.25) is 5.02 Å². The summed E-state index contributed by atoms with van der Waals surface area (Å²) in [5.41, 5.74) is 5.79. The van der Waals surface area contributed by atoms with E-state index in [2.05, 4.69) is 0 Å². The quantitative estimate of drug-likeness (QED) is 0.813. The minimum absolute atomic E-state index is 0.199. The smallest absolute Gasteiger partial charge is 0.307 e. The Bertz CT molecular complexity index is 314. The highest BCUT2D eigenvalue weighted by molar-refractivity contribution is 7.10. The molecule has 5 heteroatoms. The number of rotatable bonds is 4. The molecule has 0 amide bonds. The summed E-state index contributed by atoms with van der Waals surface area (Å²) in [6.45, 7) is 2.15. The Morgan fingerprint density at radius 2 is 2.50 bits per heavy atom. The van der Waals surface area contributed by atoms with Crippen LogP contribution in [0.1, 0.15) is 24.3 Å². The molecule has 0 aliphatic heterocycles. The lowest BCUT2D eigenvalue weighted by molar-refractivity contribution is -0.143. The summed E-state index contributed by atoms with van der Waals surface area (Å²) in [5, 5.41) is 2.45. The van der Waals surface area contributed by atoms with Crippen molar-refractivity contribution in [2.45, 2.75) is 19.4 Å². The zero-order valence-electron chi connectivity index (χ0n) is 7.83. The number of thiophene rings is 1. The van der Waals surface area contributed by atoms with Crippen molar-refractivity contribution >= 4 is 28.9 Å². The van der Waals surface area contributed by atoms with Gasteiger partial charge in [0.05, 0.1) is 18.1 Å². The molecule has 1 rings (SSSR count). The molecule has 0 saturated carbocycles. The van der Waals surface area contributed by atoms with E-state index in [1.807, 2.05) is 0 Å². The van der Waals surface area contributed by atoms with Crippen molar-refractivity contribution in [2.24, 2.45) is 5.73 Å². The van der Waals surface area contributed by atoms with E-state index in [0.717, 1.165) is 4.88 Å². The summed E-state index contributed by atoms with van der Waals surface area (Å²) in [7, 11) is 0. The third-order valence-corrected chi connectivity index (χ3v) is 3.06. The second-order valence-electron chi connectivity index (χ2n) is 2.78. The highest BCUT2D eigenvalue weighted by atomic mass is 35.5. The molecule has 0 spiro atoms. The molecule has 1 aromatic heterocycles. The second kappa shape index (κ2) is 5.34. The van der Waals surface area contributed by atoms with Gasteiger partial charge in [-0.2, -0.15) is 0 Å². The molecule has 0 bridgehead atoms. The van der Waals surface area contributed by atoms with Gasteiger partial charge in [0.15, 0.2) is 0 Å². The van der Waals surface area contributed by atoms with Crippen molar-refractivity contribution < 1.29 is 9.53 Å². The van der Waals surface area contributed by atoms with Gasteiger partial charge in [0, 0.05) is 16.3 Å². The molecule has 3 nitrogen and oxygen atoms in total. The molecule has 0 aromatic carbocycles. The zero-order chi connectivity index (χ0) is 10.6. The van der Waals surface area contributed by atoms with Crippen molar-refractivity contribution in [2.75, 3.05) is 6.61 Å². The van der Waals surface area contributed by atoms with E-state index in [4.69, 9.17) is 22.1 Å². The van der Waals surface area contributed by atoms with Gasteiger partial charge in [0.2, 0.25) is 0 Å². The number of carbonyl (C=O) groups excluding carboxylic acids is 1. The van der Waals surface area contributed by atoms with Gasteiger partial charge in [-0.05, 0) is 13.0 Å². The fourth-order valence-electron chi connectivity index (χ4n) is 1.02. The van der Waals surface area contributed by atoms with Crippen molar-refractivity contribution in [3.8, 4) is 0 Å². The average molecular weight is 234 g/mol. The van der Waals surface area contributed by atoms with Crippen LogP contribution in [0.25, 0.3) is 0 Å². The standard InChI is InChI=1S/C9H12ClNO2S/c1-2-13-9(12)4-7(11)8-3-6(10)5-14-8/h3,5,7H,2,4,11H2,1H3. The van der Waals surface area contributed by atoms with Crippen LogP contribution in [0.3, 0.4) is 0 Å². The fraction of sp³-hybridized carbons (Fsp3) is 0.444. The third kappa shape index (κ3) is 3.29. The van der Waals surface area contributed by atoms with Gasteiger partial charge in [-0.25, -0.2) is 0 Å². The molecular formula is C9H12ClNO2S. The lowest BCUT2D eigenvalue weighted by Crippen LogP contribution is -2.16. The van der Waals surface area contributed by atoms with Crippen LogP contribution in [-0.4, -0.2) is 12.6 Å². The highest BCUT2D eigenvalue weighted by Crippen LogP contribution is 2.25. The van der Waals surface area contributed by atoms with Gasteiger partial charge in [0.25, 0.3) is 0 Å². The zero-order valence-corrected chi connectivity index (χ0v) is 9.40. The van der Waals surface area contributed by atoms with E-state index >= 15 is 0 Å². The Morgan fingerprint density at radius 1 is 1.79 bits per heavy atom. The first-order chi connectivity index (χ1) is 6.63. The highest BCUT2D eigenvalue weighted by Gasteiger charge is 2.13. The van der Waals surface area contributed by atoms with E-state index in [1.165, 1.54) is 11.3 Å². The SMILES string of the molecule is CCOC(=O)CC(N)c1cc(Cl)cs1. The molecule has 0 radical (unpaired) electrons. The predicted octanol–water partition coefficient (Wildman–Crippen LogP) is 2.35. The fourth-order valence-corrected chi connectivity index (χ4v) is 2.11. The van der Waals surface area contributed by atoms with Crippen LogP contribution in [0.4, 0.5) is 0 Å². The van der Waals surface area contributed by atoms with Crippen molar-refractivity contribution in [1.82, 2.24) is 0 Å². The van der Waals surface area contributed by atoms with Crippen molar-refractivity contribution in [1.29, 1.82) is 0 Å². The predicted molar refractivity (Wildman–Crippen MR) is 57.5 cm³/mol. The first kappa shape index (κ1) is 11.5. The molecule has 1 atom stereocenters. The number of ether oxygens (including phenoxy) is 1. The Labute approximate surface area is 91.8 Å². The number of nitrogens with two attached hydrogens (primary N) is 1. The minimum Gasteiger partial charge on any atom is -0.466 e. The van der Waals surface area contributed by atoms with Crippen molar-refractivity contribution in [3.63, 3.8) is 0 Å². The Balaban J connectivity index is 2.50. The van der Waals surface area contributed by atoms with Crippen LogP contribution in [0, 0.1) is 0 Å². The van der Waals surface area contributed by atoms with Crippen LogP contribution >= 0.6 is 22.9 Å². The monoisotopic (exact) mass is 233 g/mol. The molecule has 14 heavy (non-hydrogen) atoms. The second-order valence-corrected chi connectivity index (χ2v) is 4.16. The van der Waals surface area contributed by atoms with Crippen LogP contribution in [-0.2, 0) is 9.53 Å². The van der Waals surface area contributed by atoms with Gasteiger partial charge in [-0.1, -0.05) is 11.6 Å². The van der Waals surface area contributed by atoms with Gasteiger partial charge >= 0.3 is 5.97 Å². The molecule has 0 fully saturated rings. The maximum atomic E-state index is 11.1. The molecule has 0 saturated heterocycles. The number of hydrogen-bond donors (Lipinski definition) is 1. The number of esters is 1. The van der Waals surface area contributed by atoms with Crippen LogP contribution in [0.5, 0.6) is 0 Å². The van der Waals surface area contributed by atoms with Crippen LogP contribution in [0.15, 0.2) is 11.4 Å². The lowest BCUT2D eigenvalue weighted by atomic mass is 10.2. The first-order valence-corrected chi connectivity index (χ1v) is 5.54. The first-order valence-electron chi connectivity index (χ1n) is 4.28. The average Bonchev–Trinajstić information content (AvgIpc) is 2.52. The molecule has 1 heterocycles. The largest absolute Gasteiger partial charge is 0.466 e. The van der Waals surface area contributed by atoms with E-state index in [1.54, 1.807) is 18.4 Å². The van der Waals surface area contributed by atoms with Gasteiger partial charge < -0.3 is 10.5 Å². The summed E-state index contributed by atoms with van der Waals surface area (Å²) in [5.74, 6) is -0.274. The molecule has 1 aromatic rings. The lowest BCUT2D eigenvalue weighted by Gasteiger charge is -2.07. The maximum Gasteiger partial charge on any atom is 0.307 e. The molecule has 1 unspecified atom stereocenters. The van der Waals surface area contributed by atoms with E-state index in [9.17, 15) is 4.79 Å². The number of carbonyl (C=O) groups is 1. The molecule has 0 aliphatic rings. The van der Waals surface area contributed by atoms with Gasteiger partial charge in [0.1, 0.15) is 0 Å². The van der Waals surface area contributed by atoms with E-state index in [0.29, 0.717) is 11.6 Å². The van der Waals surface area contributed by atoms with Gasteiger partial charge in [-0.3, -0.25) is 4.79 Å². The number of hydrogen-bond acceptors (Lipinski definition) is 4. The summed E-state index contributed by atoms with van der Waals surface area (Å²) >= 11 is 7.19. The topological polar surface area (TPSA) is 52.3 Å². The molecule has 78 valence electrons. The Morgan fingerprint density at radius 3 is 3.00 bits per heavy atom. The van der Waals surface area contributed by atoms with E-state index in [-0.39, 0.29) is 18.4 Å². The normalized spacial score (nSPS) is 12.5. The molecular weight excluding hydrogens is 222 g/mol. The van der Waals surface area contributed by atoms with Gasteiger partial charge in [-0.15, -0.1) is 11.3 Å². The number of halogens is 1. The van der Waals surface area contributed by atoms with Crippen molar-refractivity contribution in [3.05, 3.63) is 21.3 Å². The molecule has 2 N–H and O–H groups in total. The minimum atomic E-state index is -0.313. The summed E-state index contributed by atoms with van der Waals surface area (Å²) in [6.07, 6.45) is 0.199. The molecule has 0 aliphatic carbocycles. The summed E-state index contributed by atoms with van der Waals surface area (Å²) in [4.78, 5) is 12.0. The Hall–Kier alpha value is -0.580. The van der Waals surface area contributed by atoms with Crippen LogP contribution < -0.4 is 5.73 Å². The summed E-state index contributed by atoms with van der Waals surface area (Å²) < 4.78 is 4.79. The Kier molecular flexibility index (Phi) is 4.38. The third-order valence-electron chi connectivity index (χ3n) is 1.65. The summed E-state index contributed by atoms with van der Waals surface area (Å²) in [6, 6.07) is 1.46. The van der Waals surface area contributed by atoms with E-state index < -0.39 is 0 Å².